The average molecular weight is 441 g/mol. The molecule has 0 N–H and O–H groups in total. The van der Waals surface area contributed by atoms with Crippen LogP contribution >= 0.6 is 11.8 Å². The molecule has 0 spiro atoms. The Morgan fingerprint density at radius 3 is 2.61 bits per heavy atom. The average Bonchev–Trinajstić information content (AvgIpc) is 3.22. The summed E-state index contributed by atoms with van der Waals surface area (Å²) < 4.78 is 7.04. The van der Waals surface area contributed by atoms with Gasteiger partial charge in [0, 0.05) is 49.6 Å². The van der Waals surface area contributed by atoms with Crippen molar-refractivity contribution in [3.8, 4) is 5.75 Å². The van der Waals surface area contributed by atoms with Gasteiger partial charge in [0.05, 0.1) is 18.8 Å². The molecule has 1 atom stereocenters. The molecule has 164 valence electrons. The van der Waals surface area contributed by atoms with Gasteiger partial charge in [-0.05, 0) is 49.9 Å². The number of carbonyl (C=O) groups is 1. The van der Waals surface area contributed by atoms with E-state index in [1.165, 1.54) is 0 Å². The Bertz CT molecular complexity index is 1030. The minimum atomic E-state index is -0.0839. The highest BCUT2D eigenvalue weighted by molar-refractivity contribution is 7.99. The molecule has 0 bridgehead atoms. The predicted octanol–water partition coefficient (Wildman–Crippen LogP) is 2.52. The Hall–Kier alpha value is -2.48. The van der Waals surface area contributed by atoms with E-state index < -0.39 is 0 Å². The van der Waals surface area contributed by atoms with E-state index in [2.05, 4.69) is 17.0 Å². The SMILES string of the molecule is COc1ccc(N2CCN(C(=O)CC3CSc4nc5c(c(=O)n43)CCCC5)CC2)cc1. The van der Waals surface area contributed by atoms with Crippen molar-refractivity contribution in [1.29, 1.82) is 0 Å². The number of rotatable bonds is 4. The molecule has 1 amide bonds. The summed E-state index contributed by atoms with van der Waals surface area (Å²) in [5, 5.41) is 0.799. The van der Waals surface area contributed by atoms with Crippen molar-refractivity contribution in [2.75, 3.05) is 43.9 Å². The maximum absolute atomic E-state index is 13.1. The number of carbonyl (C=O) groups excluding carboxylic acids is 1. The van der Waals surface area contributed by atoms with Gasteiger partial charge in [0.15, 0.2) is 5.16 Å². The summed E-state index contributed by atoms with van der Waals surface area (Å²) in [4.78, 5) is 35.1. The summed E-state index contributed by atoms with van der Waals surface area (Å²) in [6.45, 7) is 3.02. The summed E-state index contributed by atoms with van der Waals surface area (Å²) in [6.07, 6.45) is 4.26. The standard InChI is InChI=1S/C23H28N4O3S/c1-30-18-8-6-16(7-9-18)25-10-12-26(13-11-25)21(28)14-17-15-31-23-24-20-5-3-2-4-19(20)22(29)27(17)23/h6-9,17H,2-5,10-15H2,1H3. The molecule has 0 radical (unpaired) electrons. The normalized spacial score (nSPS) is 20.4. The first-order valence-electron chi connectivity index (χ1n) is 11.1. The lowest BCUT2D eigenvalue weighted by atomic mass is 9.97. The Labute approximate surface area is 186 Å². The van der Waals surface area contributed by atoms with E-state index in [4.69, 9.17) is 9.72 Å². The zero-order valence-electron chi connectivity index (χ0n) is 17.9. The van der Waals surface area contributed by atoms with E-state index in [0.717, 1.165) is 72.4 Å². The van der Waals surface area contributed by atoms with Crippen molar-refractivity contribution in [3.63, 3.8) is 0 Å². The quantitative estimate of drug-likeness (QED) is 0.681. The van der Waals surface area contributed by atoms with E-state index >= 15 is 0 Å². The molecule has 8 heteroatoms. The topological polar surface area (TPSA) is 67.7 Å². The van der Waals surface area contributed by atoms with Gasteiger partial charge in [-0.3, -0.25) is 14.2 Å². The predicted molar refractivity (Wildman–Crippen MR) is 121 cm³/mol. The molecule has 1 unspecified atom stereocenters. The third-order valence-electron chi connectivity index (χ3n) is 6.60. The van der Waals surface area contributed by atoms with Gasteiger partial charge in [0.25, 0.3) is 5.56 Å². The van der Waals surface area contributed by atoms with Crippen LogP contribution in [0, 0.1) is 0 Å². The zero-order chi connectivity index (χ0) is 21.4. The van der Waals surface area contributed by atoms with Gasteiger partial charge in [-0.1, -0.05) is 11.8 Å². The molecular formula is C23H28N4O3S. The van der Waals surface area contributed by atoms with Gasteiger partial charge in [-0.25, -0.2) is 4.98 Å². The number of hydrogen-bond acceptors (Lipinski definition) is 6. The van der Waals surface area contributed by atoms with Gasteiger partial charge >= 0.3 is 0 Å². The minimum absolute atomic E-state index is 0.0839. The molecule has 1 fully saturated rings. The highest BCUT2D eigenvalue weighted by Gasteiger charge is 2.32. The highest BCUT2D eigenvalue weighted by atomic mass is 32.2. The lowest BCUT2D eigenvalue weighted by molar-refractivity contribution is -0.132. The number of methoxy groups -OCH3 is 1. The van der Waals surface area contributed by atoms with Crippen LogP contribution in [0.15, 0.2) is 34.2 Å². The Morgan fingerprint density at radius 2 is 1.87 bits per heavy atom. The van der Waals surface area contributed by atoms with Crippen LogP contribution in [-0.2, 0) is 17.6 Å². The molecule has 3 heterocycles. The van der Waals surface area contributed by atoms with Crippen molar-refractivity contribution in [1.82, 2.24) is 14.5 Å². The highest BCUT2D eigenvalue weighted by Crippen LogP contribution is 2.34. The molecule has 0 saturated carbocycles. The number of aryl methyl sites for hydroxylation is 1. The number of nitrogens with zero attached hydrogens (tertiary/aromatic N) is 4. The fourth-order valence-electron chi connectivity index (χ4n) is 4.80. The van der Waals surface area contributed by atoms with Crippen molar-refractivity contribution >= 4 is 23.4 Å². The Balaban J connectivity index is 1.23. The van der Waals surface area contributed by atoms with E-state index in [1.54, 1.807) is 23.4 Å². The number of piperazine rings is 1. The summed E-state index contributed by atoms with van der Waals surface area (Å²) in [6, 6.07) is 7.96. The molecule has 1 saturated heterocycles. The summed E-state index contributed by atoms with van der Waals surface area (Å²) >= 11 is 1.61. The summed E-state index contributed by atoms with van der Waals surface area (Å²) in [7, 11) is 1.67. The van der Waals surface area contributed by atoms with Crippen LogP contribution in [0.2, 0.25) is 0 Å². The molecule has 1 aromatic heterocycles. The van der Waals surface area contributed by atoms with E-state index in [9.17, 15) is 9.59 Å². The molecular weight excluding hydrogens is 412 g/mol. The smallest absolute Gasteiger partial charge is 0.257 e. The third kappa shape index (κ3) is 3.93. The molecule has 2 aliphatic heterocycles. The number of amides is 1. The number of benzene rings is 1. The van der Waals surface area contributed by atoms with Gasteiger partial charge in [0.1, 0.15) is 5.75 Å². The van der Waals surface area contributed by atoms with Crippen LogP contribution in [0.5, 0.6) is 5.75 Å². The van der Waals surface area contributed by atoms with Crippen LogP contribution in [0.25, 0.3) is 0 Å². The van der Waals surface area contributed by atoms with Gasteiger partial charge in [0.2, 0.25) is 5.91 Å². The van der Waals surface area contributed by atoms with Crippen LogP contribution in [-0.4, -0.2) is 59.4 Å². The Morgan fingerprint density at radius 1 is 1.13 bits per heavy atom. The van der Waals surface area contributed by atoms with Crippen molar-refractivity contribution < 1.29 is 9.53 Å². The fourth-order valence-corrected chi connectivity index (χ4v) is 5.96. The maximum atomic E-state index is 13.1. The lowest BCUT2D eigenvalue weighted by Crippen LogP contribution is -2.49. The van der Waals surface area contributed by atoms with Crippen molar-refractivity contribution in [3.05, 3.63) is 45.9 Å². The number of anilines is 1. The van der Waals surface area contributed by atoms with Crippen molar-refractivity contribution in [2.45, 2.75) is 43.3 Å². The second kappa shape index (κ2) is 8.57. The molecule has 1 aromatic carbocycles. The third-order valence-corrected chi connectivity index (χ3v) is 7.70. The summed E-state index contributed by atoms with van der Waals surface area (Å²) in [5.41, 5.74) is 3.10. The number of fused-ring (bicyclic) bond motifs is 2. The second-order valence-electron chi connectivity index (χ2n) is 8.44. The molecule has 3 aliphatic rings. The van der Waals surface area contributed by atoms with E-state index in [-0.39, 0.29) is 17.5 Å². The lowest BCUT2D eigenvalue weighted by Gasteiger charge is -2.36. The van der Waals surface area contributed by atoms with Crippen LogP contribution < -0.4 is 15.2 Å². The second-order valence-corrected chi connectivity index (χ2v) is 9.42. The number of hydrogen-bond donors (Lipinski definition) is 0. The fraction of sp³-hybridized carbons (Fsp3) is 0.522. The van der Waals surface area contributed by atoms with E-state index in [1.807, 2.05) is 17.0 Å². The first-order valence-corrected chi connectivity index (χ1v) is 12.1. The molecule has 5 rings (SSSR count). The first kappa shape index (κ1) is 20.4. The largest absolute Gasteiger partial charge is 0.497 e. The first-order chi connectivity index (χ1) is 15.1. The Kier molecular flexibility index (Phi) is 5.65. The molecule has 31 heavy (non-hydrogen) atoms. The molecule has 2 aromatic rings. The van der Waals surface area contributed by atoms with Crippen LogP contribution in [0.3, 0.4) is 0 Å². The van der Waals surface area contributed by atoms with Gasteiger partial charge in [-0.2, -0.15) is 0 Å². The van der Waals surface area contributed by atoms with Gasteiger partial charge in [-0.15, -0.1) is 0 Å². The van der Waals surface area contributed by atoms with Crippen LogP contribution in [0.1, 0.15) is 36.6 Å². The molecule has 7 nitrogen and oxygen atoms in total. The monoisotopic (exact) mass is 440 g/mol. The summed E-state index contributed by atoms with van der Waals surface area (Å²) in [5.74, 6) is 1.73. The number of thioether (sulfide) groups is 1. The van der Waals surface area contributed by atoms with E-state index in [0.29, 0.717) is 19.5 Å². The number of ether oxygens (including phenoxy) is 1. The number of aromatic nitrogens is 2. The maximum Gasteiger partial charge on any atom is 0.257 e. The zero-order valence-corrected chi connectivity index (χ0v) is 18.7. The minimum Gasteiger partial charge on any atom is -0.497 e. The molecule has 1 aliphatic carbocycles. The van der Waals surface area contributed by atoms with Crippen molar-refractivity contribution in [2.24, 2.45) is 0 Å². The van der Waals surface area contributed by atoms with Crippen LogP contribution in [0.4, 0.5) is 5.69 Å². The van der Waals surface area contributed by atoms with Gasteiger partial charge < -0.3 is 14.5 Å².